The summed E-state index contributed by atoms with van der Waals surface area (Å²) < 4.78 is 22.2. The summed E-state index contributed by atoms with van der Waals surface area (Å²) >= 11 is 0. The van der Waals surface area contributed by atoms with E-state index in [9.17, 15) is 8.42 Å². The third-order valence-corrected chi connectivity index (χ3v) is 3.77. The molecule has 0 atom stereocenters. The normalized spacial score (nSPS) is 15.3. The molecule has 1 aliphatic rings. The molecule has 0 saturated heterocycles. The van der Waals surface area contributed by atoms with Crippen molar-refractivity contribution in [3.63, 3.8) is 0 Å². The van der Waals surface area contributed by atoms with Gasteiger partial charge in [-0.05, 0) is 19.8 Å². The molecule has 1 fully saturated rings. The van der Waals surface area contributed by atoms with Gasteiger partial charge >= 0.3 is 0 Å². The Balaban J connectivity index is 2.05. The highest BCUT2D eigenvalue weighted by atomic mass is 32.2. The van der Waals surface area contributed by atoms with Gasteiger partial charge in [0, 0.05) is 31.3 Å². The fourth-order valence-electron chi connectivity index (χ4n) is 1.72. The molecule has 0 amide bonds. The molecule has 0 unspecified atom stereocenters. The standard InChI is InChI=1S/C12H20N4O2S/c1-3-13-10-8-11(14-6-7-19(2,17)18)16-12(15-10)9-4-5-9/h8-9H,3-7H2,1-2H3,(H2,13,14,15,16). The van der Waals surface area contributed by atoms with Gasteiger partial charge in [-0.3, -0.25) is 0 Å². The molecule has 106 valence electrons. The molecule has 1 aromatic heterocycles. The van der Waals surface area contributed by atoms with Crippen molar-refractivity contribution in [2.45, 2.75) is 25.7 Å². The van der Waals surface area contributed by atoms with Crippen molar-refractivity contribution in [1.82, 2.24) is 9.97 Å². The SMILES string of the molecule is CCNc1cc(NCCS(C)(=O)=O)nc(C2CC2)n1. The van der Waals surface area contributed by atoms with E-state index in [0.29, 0.717) is 18.3 Å². The summed E-state index contributed by atoms with van der Waals surface area (Å²) in [6.07, 6.45) is 3.51. The van der Waals surface area contributed by atoms with Crippen molar-refractivity contribution in [2.75, 3.05) is 35.7 Å². The second kappa shape index (κ2) is 5.73. The molecule has 6 nitrogen and oxygen atoms in total. The van der Waals surface area contributed by atoms with Crippen LogP contribution in [0, 0.1) is 0 Å². The first-order chi connectivity index (χ1) is 8.98. The Morgan fingerprint density at radius 1 is 1.26 bits per heavy atom. The molecule has 2 rings (SSSR count). The van der Waals surface area contributed by atoms with E-state index in [4.69, 9.17) is 0 Å². The van der Waals surface area contributed by atoms with E-state index in [0.717, 1.165) is 31.0 Å². The number of nitrogens with one attached hydrogen (secondary N) is 2. The number of sulfone groups is 1. The summed E-state index contributed by atoms with van der Waals surface area (Å²) in [5.41, 5.74) is 0. The van der Waals surface area contributed by atoms with Crippen LogP contribution in [0.4, 0.5) is 11.6 Å². The van der Waals surface area contributed by atoms with Crippen molar-refractivity contribution in [3.05, 3.63) is 11.9 Å². The van der Waals surface area contributed by atoms with Gasteiger partial charge in [0.1, 0.15) is 27.3 Å². The third-order valence-electron chi connectivity index (χ3n) is 2.82. The molecule has 0 radical (unpaired) electrons. The van der Waals surface area contributed by atoms with Gasteiger partial charge in [-0.15, -0.1) is 0 Å². The second-order valence-electron chi connectivity index (χ2n) is 4.86. The maximum absolute atomic E-state index is 11.1. The summed E-state index contributed by atoms with van der Waals surface area (Å²) in [4.78, 5) is 8.90. The molecule has 1 aromatic rings. The summed E-state index contributed by atoms with van der Waals surface area (Å²) in [5.74, 6) is 2.90. The molecule has 0 aromatic carbocycles. The zero-order chi connectivity index (χ0) is 13.9. The van der Waals surface area contributed by atoms with E-state index >= 15 is 0 Å². The first-order valence-electron chi connectivity index (χ1n) is 6.52. The van der Waals surface area contributed by atoms with Crippen molar-refractivity contribution < 1.29 is 8.42 Å². The number of hydrogen-bond donors (Lipinski definition) is 2. The Kier molecular flexibility index (Phi) is 4.24. The number of rotatable bonds is 7. The summed E-state index contributed by atoms with van der Waals surface area (Å²) in [7, 11) is -2.95. The fraction of sp³-hybridized carbons (Fsp3) is 0.667. The van der Waals surface area contributed by atoms with Gasteiger partial charge in [-0.25, -0.2) is 18.4 Å². The van der Waals surface area contributed by atoms with Crippen LogP contribution in [0.3, 0.4) is 0 Å². The lowest BCUT2D eigenvalue weighted by Crippen LogP contribution is -2.15. The van der Waals surface area contributed by atoms with Crippen LogP contribution in [-0.4, -0.2) is 43.5 Å². The van der Waals surface area contributed by atoms with Crippen LogP contribution in [-0.2, 0) is 9.84 Å². The Labute approximate surface area is 114 Å². The summed E-state index contributed by atoms with van der Waals surface area (Å²) in [6, 6.07) is 1.82. The van der Waals surface area contributed by atoms with E-state index in [-0.39, 0.29) is 5.75 Å². The van der Waals surface area contributed by atoms with Crippen LogP contribution in [0.15, 0.2) is 6.07 Å². The van der Waals surface area contributed by atoms with E-state index in [2.05, 4.69) is 20.6 Å². The minimum absolute atomic E-state index is 0.103. The van der Waals surface area contributed by atoms with Crippen LogP contribution < -0.4 is 10.6 Å². The van der Waals surface area contributed by atoms with Crippen LogP contribution >= 0.6 is 0 Å². The Morgan fingerprint density at radius 2 is 1.89 bits per heavy atom. The largest absolute Gasteiger partial charge is 0.370 e. The zero-order valence-electron chi connectivity index (χ0n) is 11.3. The predicted octanol–water partition coefficient (Wildman–Crippen LogP) is 1.24. The Hall–Kier alpha value is -1.37. The van der Waals surface area contributed by atoms with E-state index in [1.54, 1.807) is 0 Å². The molecule has 2 N–H and O–H groups in total. The molecule has 7 heteroatoms. The quantitative estimate of drug-likeness (QED) is 0.784. The van der Waals surface area contributed by atoms with E-state index < -0.39 is 9.84 Å². The molecular formula is C12H20N4O2S. The molecule has 1 saturated carbocycles. The van der Waals surface area contributed by atoms with Gasteiger partial charge in [-0.2, -0.15) is 0 Å². The van der Waals surface area contributed by atoms with Gasteiger partial charge in [0.2, 0.25) is 0 Å². The average Bonchev–Trinajstić information content (AvgIpc) is 3.11. The van der Waals surface area contributed by atoms with Crippen molar-refractivity contribution in [1.29, 1.82) is 0 Å². The molecule has 1 aliphatic carbocycles. The van der Waals surface area contributed by atoms with Crippen molar-refractivity contribution in [3.8, 4) is 0 Å². The topological polar surface area (TPSA) is 84.0 Å². The Bertz CT molecular complexity index is 541. The van der Waals surface area contributed by atoms with Crippen molar-refractivity contribution >= 4 is 21.5 Å². The van der Waals surface area contributed by atoms with Crippen LogP contribution in [0.5, 0.6) is 0 Å². The second-order valence-corrected chi connectivity index (χ2v) is 7.12. The van der Waals surface area contributed by atoms with Gasteiger partial charge in [0.05, 0.1) is 5.75 Å². The summed E-state index contributed by atoms with van der Waals surface area (Å²) in [6.45, 7) is 3.17. The molecular weight excluding hydrogens is 264 g/mol. The molecule has 0 spiro atoms. The zero-order valence-corrected chi connectivity index (χ0v) is 12.1. The average molecular weight is 284 g/mol. The highest BCUT2D eigenvalue weighted by Crippen LogP contribution is 2.38. The first-order valence-corrected chi connectivity index (χ1v) is 8.58. The molecule has 0 aliphatic heterocycles. The van der Waals surface area contributed by atoms with E-state index in [1.807, 2.05) is 13.0 Å². The number of hydrogen-bond acceptors (Lipinski definition) is 6. The van der Waals surface area contributed by atoms with Crippen LogP contribution in [0.1, 0.15) is 31.5 Å². The lowest BCUT2D eigenvalue weighted by molar-refractivity contribution is 0.602. The highest BCUT2D eigenvalue weighted by Gasteiger charge is 2.27. The van der Waals surface area contributed by atoms with Crippen molar-refractivity contribution in [2.24, 2.45) is 0 Å². The fourth-order valence-corrected chi connectivity index (χ4v) is 2.19. The number of aromatic nitrogens is 2. The lowest BCUT2D eigenvalue weighted by atomic mass is 10.3. The van der Waals surface area contributed by atoms with E-state index in [1.165, 1.54) is 6.26 Å². The minimum atomic E-state index is -2.95. The van der Waals surface area contributed by atoms with Crippen LogP contribution in [0.25, 0.3) is 0 Å². The van der Waals surface area contributed by atoms with Gasteiger partial charge < -0.3 is 10.6 Å². The maximum Gasteiger partial charge on any atom is 0.149 e. The predicted molar refractivity (Wildman–Crippen MR) is 76.4 cm³/mol. The minimum Gasteiger partial charge on any atom is -0.370 e. The highest BCUT2D eigenvalue weighted by molar-refractivity contribution is 7.90. The molecule has 0 bridgehead atoms. The number of nitrogens with zero attached hydrogens (tertiary/aromatic N) is 2. The van der Waals surface area contributed by atoms with Gasteiger partial charge in [-0.1, -0.05) is 0 Å². The Morgan fingerprint density at radius 3 is 2.42 bits per heavy atom. The maximum atomic E-state index is 11.1. The monoisotopic (exact) mass is 284 g/mol. The number of anilines is 2. The molecule has 1 heterocycles. The smallest absolute Gasteiger partial charge is 0.149 e. The van der Waals surface area contributed by atoms with Crippen LogP contribution in [0.2, 0.25) is 0 Å². The lowest BCUT2D eigenvalue weighted by Gasteiger charge is -2.10. The first kappa shape index (κ1) is 14.0. The summed E-state index contributed by atoms with van der Waals surface area (Å²) in [5, 5.41) is 6.22. The third kappa shape index (κ3) is 4.66. The molecule has 19 heavy (non-hydrogen) atoms. The van der Waals surface area contributed by atoms with Gasteiger partial charge in [0.15, 0.2) is 0 Å². The van der Waals surface area contributed by atoms with Gasteiger partial charge in [0.25, 0.3) is 0 Å².